The van der Waals surface area contributed by atoms with Crippen molar-refractivity contribution in [3.8, 4) is 22.8 Å². The number of carbonyl (C=O) groups is 1. The maximum absolute atomic E-state index is 12.5. The Hall–Kier alpha value is -3.15. The maximum atomic E-state index is 12.5. The van der Waals surface area contributed by atoms with E-state index >= 15 is 0 Å². The van der Waals surface area contributed by atoms with E-state index in [4.69, 9.17) is 9.47 Å². The van der Waals surface area contributed by atoms with E-state index in [-0.39, 0.29) is 17.4 Å². The predicted octanol–water partition coefficient (Wildman–Crippen LogP) is 3.96. The zero-order chi connectivity index (χ0) is 24.6. The zero-order valence-electron chi connectivity index (χ0n) is 19.3. The quantitative estimate of drug-likeness (QED) is 0.320. The number of nitrogens with one attached hydrogen (secondary N) is 3. The van der Waals surface area contributed by atoms with Gasteiger partial charge in [0.05, 0.1) is 23.4 Å². The van der Waals surface area contributed by atoms with Crippen LogP contribution in [0, 0.1) is 0 Å². The topological polar surface area (TPSA) is 119 Å². The van der Waals surface area contributed by atoms with Gasteiger partial charge >= 0.3 is 0 Å². The Morgan fingerprint density at radius 2 is 1.91 bits per heavy atom. The van der Waals surface area contributed by atoms with Crippen LogP contribution < -0.4 is 24.8 Å². The van der Waals surface area contributed by atoms with E-state index in [1.54, 1.807) is 19.2 Å². The Bertz CT molecular complexity index is 1210. The minimum atomic E-state index is -3.56. The molecule has 11 heteroatoms. The molecule has 1 aromatic heterocycles. The molecule has 0 spiro atoms. The van der Waals surface area contributed by atoms with E-state index < -0.39 is 10.0 Å². The summed E-state index contributed by atoms with van der Waals surface area (Å²) in [4.78, 5) is 17.1. The smallest absolute Gasteiger partial charge is 0.262 e. The third kappa shape index (κ3) is 6.69. The second-order valence-corrected chi connectivity index (χ2v) is 9.89. The number of unbranched alkanes of at least 4 members (excludes halogenated alkanes) is 1. The van der Waals surface area contributed by atoms with Crippen molar-refractivity contribution in [2.45, 2.75) is 24.7 Å². The average molecular weight is 505 g/mol. The molecule has 0 saturated carbocycles. The average Bonchev–Trinajstić information content (AvgIpc) is 3.32. The Labute approximate surface area is 203 Å². The largest absolute Gasteiger partial charge is 0.495 e. The molecule has 0 fully saturated rings. The molecular formula is C23H28N4O5S2. The van der Waals surface area contributed by atoms with Crippen LogP contribution in [-0.2, 0) is 14.8 Å². The van der Waals surface area contributed by atoms with Gasteiger partial charge in [-0.3, -0.25) is 4.79 Å². The first-order valence-corrected chi connectivity index (χ1v) is 13.1. The monoisotopic (exact) mass is 504 g/mol. The minimum absolute atomic E-state index is 0.144. The Morgan fingerprint density at radius 1 is 1.15 bits per heavy atom. The van der Waals surface area contributed by atoms with E-state index in [1.807, 2.05) is 18.4 Å². The molecule has 0 radical (unpaired) electrons. The number of aromatic nitrogens is 1. The van der Waals surface area contributed by atoms with Crippen LogP contribution in [0.2, 0.25) is 0 Å². The normalized spacial score (nSPS) is 11.1. The van der Waals surface area contributed by atoms with Crippen LogP contribution in [-0.4, -0.2) is 46.6 Å². The van der Waals surface area contributed by atoms with Crippen LogP contribution in [0.15, 0.2) is 52.7 Å². The maximum Gasteiger partial charge on any atom is 0.262 e. The molecule has 1 heterocycles. The molecule has 2 aromatic carbocycles. The van der Waals surface area contributed by atoms with Crippen molar-refractivity contribution in [3.05, 3.63) is 47.8 Å². The fourth-order valence-electron chi connectivity index (χ4n) is 3.00. The number of hydrogen-bond donors (Lipinski definition) is 3. The van der Waals surface area contributed by atoms with Gasteiger partial charge in [-0.2, -0.15) is 0 Å². The van der Waals surface area contributed by atoms with Crippen molar-refractivity contribution >= 4 is 38.1 Å². The molecular weight excluding hydrogens is 476 g/mol. The zero-order valence-corrected chi connectivity index (χ0v) is 20.9. The SMILES string of the molecule is CCCCNS(=O)(=O)c1ccc(OCC(=O)Nc2cc(-c3csc(NC)n3)ccc2OC)cc1. The summed E-state index contributed by atoms with van der Waals surface area (Å²) in [6.07, 6.45) is 1.67. The molecule has 0 aliphatic rings. The van der Waals surface area contributed by atoms with Gasteiger partial charge in [0.15, 0.2) is 11.7 Å². The van der Waals surface area contributed by atoms with Crippen LogP contribution in [0.4, 0.5) is 10.8 Å². The Morgan fingerprint density at radius 3 is 2.56 bits per heavy atom. The fourth-order valence-corrected chi connectivity index (χ4v) is 4.76. The van der Waals surface area contributed by atoms with Crippen molar-refractivity contribution in [2.24, 2.45) is 0 Å². The number of benzene rings is 2. The van der Waals surface area contributed by atoms with Gasteiger partial charge in [-0.15, -0.1) is 11.3 Å². The first kappa shape index (κ1) is 25.5. The summed E-state index contributed by atoms with van der Waals surface area (Å²) in [7, 11) is -0.235. The number of ether oxygens (including phenoxy) is 2. The van der Waals surface area contributed by atoms with Gasteiger partial charge in [0.2, 0.25) is 10.0 Å². The van der Waals surface area contributed by atoms with E-state index in [1.165, 1.54) is 42.7 Å². The van der Waals surface area contributed by atoms with Gasteiger partial charge in [-0.1, -0.05) is 13.3 Å². The molecule has 0 aliphatic heterocycles. The van der Waals surface area contributed by atoms with E-state index in [0.717, 1.165) is 29.2 Å². The molecule has 0 unspecified atom stereocenters. The molecule has 182 valence electrons. The van der Waals surface area contributed by atoms with Gasteiger partial charge in [0.25, 0.3) is 5.91 Å². The standard InChI is InChI=1S/C23H28N4O5S2/c1-4-5-12-25-34(29,30)18-9-7-17(8-10-18)32-14-22(28)26-19-13-16(6-11-21(19)31-3)20-15-33-23(24-2)27-20/h6-11,13,15,25H,4-5,12,14H2,1-3H3,(H,24,27)(H,26,28). The van der Waals surface area contributed by atoms with Crippen molar-refractivity contribution < 1.29 is 22.7 Å². The molecule has 0 saturated heterocycles. The number of thiazole rings is 1. The number of nitrogens with zero attached hydrogens (tertiary/aromatic N) is 1. The summed E-state index contributed by atoms with van der Waals surface area (Å²) in [6, 6.07) is 11.3. The van der Waals surface area contributed by atoms with Crippen molar-refractivity contribution in [1.82, 2.24) is 9.71 Å². The number of hydrogen-bond acceptors (Lipinski definition) is 8. The Kier molecular flexibility index (Phi) is 8.85. The molecule has 3 N–H and O–H groups in total. The second kappa shape index (κ2) is 11.8. The van der Waals surface area contributed by atoms with Crippen LogP contribution in [0.25, 0.3) is 11.3 Å². The molecule has 3 aromatic rings. The van der Waals surface area contributed by atoms with Gasteiger partial charge in [0.1, 0.15) is 11.5 Å². The Balaban J connectivity index is 1.62. The summed E-state index contributed by atoms with van der Waals surface area (Å²) < 4.78 is 38.0. The lowest BCUT2D eigenvalue weighted by Crippen LogP contribution is -2.24. The third-order valence-corrected chi connectivity index (χ3v) is 7.15. The first-order chi connectivity index (χ1) is 16.4. The molecule has 1 amide bonds. The lowest BCUT2D eigenvalue weighted by Gasteiger charge is -2.12. The molecule has 0 aliphatic carbocycles. The molecule has 0 bridgehead atoms. The highest BCUT2D eigenvalue weighted by molar-refractivity contribution is 7.89. The summed E-state index contributed by atoms with van der Waals surface area (Å²) in [6.45, 7) is 2.12. The minimum Gasteiger partial charge on any atom is -0.495 e. The molecule has 9 nitrogen and oxygen atoms in total. The van der Waals surface area contributed by atoms with Crippen LogP contribution >= 0.6 is 11.3 Å². The van der Waals surface area contributed by atoms with Crippen molar-refractivity contribution in [1.29, 1.82) is 0 Å². The summed E-state index contributed by atoms with van der Waals surface area (Å²) >= 11 is 1.48. The highest BCUT2D eigenvalue weighted by Gasteiger charge is 2.14. The number of methoxy groups -OCH3 is 1. The van der Waals surface area contributed by atoms with E-state index in [2.05, 4.69) is 20.3 Å². The number of anilines is 2. The van der Waals surface area contributed by atoms with Gasteiger partial charge in [0, 0.05) is 24.5 Å². The third-order valence-electron chi connectivity index (χ3n) is 4.81. The van der Waals surface area contributed by atoms with Gasteiger partial charge in [-0.05, 0) is 48.9 Å². The second-order valence-electron chi connectivity index (χ2n) is 7.26. The molecule has 3 rings (SSSR count). The van der Waals surface area contributed by atoms with Crippen molar-refractivity contribution in [3.63, 3.8) is 0 Å². The van der Waals surface area contributed by atoms with Crippen LogP contribution in [0.5, 0.6) is 11.5 Å². The van der Waals surface area contributed by atoms with Crippen LogP contribution in [0.3, 0.4) is 0 Å². The van der Waals surface area contributed by atoms with Gasteiger partial charge in [-0.25, -0.2) is 18.1 Å². The lowest BCUT2D eigenvalue weighted by molar-refractivity contribution is -0.118. The number of carbonyl (C=O) groups excluding carboxylic acids is 1. The highest BCUT2D eigenvalue weighted by Crippen LogP contribution is 2.32. The lowest BCUT2D eigenvalue weighted by atomic mass is 10.1. The predicted molar refractivity (Wildman–Crippen MR) is 134 cm³/mol. The fraction of sp³-hybridized carbons (Fsp3) is 0.304. The highest BCUT2D eigenvalue weighted by atomic mass is 32.2. The molecule has 0 atom stereocenters. The van der Waals surface area contributed by atoms with E-state index in [9.17, 15) is 13.2 Å². The summed E-state index contributed by atoms with van der Waals surface area (Å²) in [5.41, 5.74) is 2.11. The first-order valence-electron chi connectivity index (χ1n) is 10.7. The summed E-state index contributed by atoms with van der Waals surface area (Å²) in [5.74, 6) is 0.499. The number of rotatable bonds is 12. The van der Waals surface area contributed by atoms with E-state index in [0.29, 0.717) is 23.7 Å². The van der Waals surface area contributed by atoms with Crippen LogP contribution in [0.1, 0.15) is 19.8 Å². The summed E-state index contributed by atoms with van der Waals surface area (Å²) in [5, 5.41) is 8.51. The van der Waals surface area contributed by atoms with Gasteiger partial charge < -0.3 is 20.1 Å². The number of amides is 1. The van der Waals surface area contributed by atoms with Crippen molar-refractivity contribution in [2.75, 3.05) is 37.9 Å². The molecule has 34 heavy (non-hydrogen) atoms. The number of sulfonamides is 1.